The normalized spacial score (nSPS) is 19.8. The van der Waals surface area contributed by atoms with Gasteiger partial charge in [0, 0.05) is 44.4 Å². The third-order valence-corrected chi connectivity index (χ3v) is 4.96. The van der Waals surface area contributed by atoms with Crippen LogP contribution in [0.25, 0.3) is 0 Å². The highest BCUT2D eigenvalue weighted by molar-refractivity contribution is 5.94. The van der Waals surface area contributed by atoms with Gasteiger partial charge in [-0.15, -0.1) is 0 Å². The largest absolute Gasteiger partial charge is 0.384 e. The molecule has 2 aliphatic rings. The number of amides is 1. The molecular formula is C19H22FN3O2. The number of carbonyl (C=O) groups is 1. The smallest absolute Gasteiger partial charge is 0.257 e. The molecule has 0 radical (unpaired) electrons. The first-order chi connectivity index (χ1) is 12.2. The Balaban J connectivity index is 1.60. The van der Waals surface area contributed by atoms with Gasteiger partial charge >= 0.3 is 0 Å². The highest BCUT2D eigenvalue weighted by atomic mass is 19.1. The molecule has 0 unspecified atom stereocenters. The van der Waals surface area contributed by atoms with E-state index in [2.05, 4.69) is 0 Å². The van der Waals surface area contributed by atoms with Crippen molar-refractivity contribution >= 4 is 5.91 Å². The number of rotatable bonds is 5. The average molecular weight is 343 g/mol. The van der Waals surface area contributed by atoms with Gasteiger partial charge in [0.1, 0.15) is 5.82 Å². The quantitative estimate of drug-likeness (QED) is 0.839. The first kappa shape index (κ1) is 16.3. The van der Waals surface area contributed by atoms with Crippen molar-refractivity contribution in [2.24, 2.45) is 5.92 Å². The highest BCUT2D eigenvalue weighted by Gasteiger charge is 2.33. The molecule has 1 saturated carbocycles. The molecule has 1 aromatic heterocycles. The summed E-state index contributed by atoms with van der Waals surface area (Å²) in [6.07, 6.45) is 4.57. The van der Waals surface area contributed by atoms with E-state index in [1.807, 2.05) is 10.9 Å². The van der Waals surface area contributed by atoms with Gasteiger partial charge < -0.3 is 9.64 Å². The van der Waals surface area contributed by atoms with Crippen molar-refractivity contribution in [3.05, 3.63) is 53.1 Å². The van der Waals surface area contributed by atoms with Crippen LogP contribution in [0.3, 0.4) is 0 Å². The fraction of sp³-hybridized carbons (Fsp3) is 0.474. The molecule has 132 valence electrons. The lowest BCUT2D eigenvalue weighted by Gasteiger charge is -2.31. The van der Waals surface area contributed by atoms with Crippen LogP contribution in [-0.4, -0.2) is 40.8 Å². The molecule has 1 aliphatic carbocycles. The third-order valence-electron chi connectivity index (χ3n) is 4.96. The Morgan fingerprint density at radius 2 is 2.16 bits per heavy atom. The van der Waals surface area contributed by atoms with E-state index in [9.17, 15) is 9.18 Å². The molecular weight excluding hydrogens is 321 g/mol. The number of halogens is 1. The predicted molar refractivity (Wildman–Crippen MR) is 90.7 cm³/mol. The van der Waals surface area contributed by atoms with Crippen molar-refractivity contribution in [3.63, 3.8) is 0 Å². The molecule has 25 heavy (non-hydrogen) atoms. The number of aromatic nitrogens is 2. The van der Waals surface area contributed by atoms with Crippen LogP contribution < -0.4 is 0 Å². The topological polar surface area (TPSA) is 47.4 Å². The summed E-state index contributed by atoms with van der Waals surface area (Å²) in [5.74, 6) is -0.00545. The van der Waals surface area contributed by atoms with Crippen molar-refractivity contribution in [2.75, 3.05) is 20.3 Å². The zero-order chi connectivity index (χ0) is 17.4. The van der Waals surface area contributed by atoms with Crippen LogP contribution in [-0.2, 0) is 17.8 Å². The second-order valence-corrected chi connectivity index (χ2v) is 7.02. The molecule has 0 bridgehead atoms. The molecule has 1 fully saturated rings. The minimum absolute atomic E-state index is 0.0185. The summed E-state index contributed by atoms with van der Waals surface area (Å²) in [5, 5.41) is 4.74. The van der Waals surface area contributed by atoms with Gasteiger partial charge in [-0.3, -0.25) is 9.48 Å². The van der Waals surface area contributed by atoms with Gasteiger partial charge in [-0.05, 0) is 30.9 Å². The molecule has 4 rings (SSSR count). The van der Waals surface area contributed by atoms with Gasteiger partial charge in [0.05, 0.1) is 17.9 Å². The Kier molecular flexibility index (Phi) is 4.29. The van der Waals surface area contributed by atoms with Crippen LogP contribution in [0, 0.1) is 11.7 Å². The van der Waals surface area contributed by atoms with Crippen LogP contribution in [0.15, 0.2) is 30.5 Å². The number of fused-ring (bicyclic) bond motifs is 1. The number of benzene rings is 1. The second-order valence-electron chi connectivity index (χ2n) is 7.02. The standard InChI is InChI=1S/C19H22FN3O2/c1-25-12-15-10-22(19(24)16-4-2-3-5-17(16)20)9-14-11-23(21-18(14)15)8-13-6-7-13/h2-5,11,13,15H,6-10,12H2,1H3/t15-/m0/s1. The molecule has 1 amide bonds. The molecule has 2 heterocycles. The van der Waals surface area contributed by atoms with E-state index in [4.69, 9.17) is 9.84 Å². The Labute approximate surface area is 146 Å². The Morgan fingerprint density at radius 1 is 1.36 bits per heavy atom. The minimum atomic E-state index is -0.481. The van der Waals surface area contributed by atoms with E-state index in [0.29, 0.717) is 19.7 Å². The summed E-state index contributed by atoms with van der Waals surface area (Å²) in [5.41, 5.74) is 2.17. The van der Waals surface area contributed by atoms with E-state index < -0.39 is 5.82 Å². The van der Waals surface area contributed by atoms with Crippen LogP contribution >= 0.6 is 0 Å². The number of ether oxygens (including phenoxy) is 1. The first-order valence-electron chi connectivity index (χ1n) is 8.74. The van der Waals surface area contributed by atoms with Crippen LogP contribution in [0.1, 0.15) is 40.4 Å². The molecule has 1 atom stereocenters. The third kappa shape index (κ3) is 3.31. The van der Waals surface area contributed by atoms with Gasteiger partial charge in [0.15, 0.2) is 0 Å². The zero-order valence-corrected chi connectivity index (χ0v) is 14.3. The SMILES string of the molecule is COC[C@@H]1CN(C(=O)c2ccccc2F)Cc2cn(CC3CC3)nc21. The molecule has 0 spiro atoms. The molecule has 0 N–H and O–H groups in total. The van der Waals surface area contributed by atoms with Gasteiger partial charge in [0.2, 0.25) is 0 Å². The van der Waals surface area contributed by atoms with Crippen molar-refractivity contribution in [2.45, 2.75) is 31.8 Å². The Bertz CT molecular complexity index is 785. The summed E-state index contributed by atoms with van der Waals surface area (Å²) in [6.45, 7) is 2.39. The van der Waals surface area contributed by atoms with Gasteiger partial charge in [0.25, 0.3) is 5.91 Å². The van der Waals surface area contributed by atoms with E-state index in [-0.39, 0.29) is 17.4 Å². The van der Waals surface area contributed by atoms with E-state index in [0.717, 1.165) is 23.7 Å². The summed E-state index contributed by atoms with van der Waals surface area (Å²) in [6, 6.07) is 6.14. The van der Waals surface area contributed by atoms with Crippen molar-refractivity contribution < 1.29 is 13.9 Å². The number of nitrogens with zero attached hydrogens (tertiary/aromatic N) is 3. The van der Waals surface area contributed by atoms with Crippen molar-refractivity contribution in [1.82, 2.24) is 14.7 Å². The monoisotopic (exact) mass is 343 g/mol. The lowest BCUT2D eigenvalue weighted by Crippen LogP contribution is -2.39. The van der Waals surface area contributed by atoms with Gasteiger partial charge in [-0.25, -0.2) is 4.39 Å². The number of carbonyl (C=O) groups excluding carboxylic acids is 1. The number of hydrogen-bond acceptors (Lipinski definition) is 3. The molecule has 0 saturated heterocycles. The molecule has 6 heteroatoms. The fourth-order valence-corrected chi connectivity index (χ4v) is 3.52. The van der Waals surface area contributed by atoms with E-state index >= 15 is 0 Å². The fourth-order valence-electron chi connectivity index (χ4n) is 3.52. The second kappa shape index (κ2) is 6.59. The van der Waals surface area contributed by atoms with Crippen LogP contribution in [0.2, 0.25) is 0 Å². The number of methoxy groups -OCH3 is 1. The summed E-state index contributed by atoms with van der Waals surface area (Å²) >= 11 is 0. The summed E-state index contributed by atoms with van der Waals surface area (Å²) in [4.78, 5) is 14.5. The van der Waals surface area contributed by atoms with Crippen LogP contribution in [0.4, 0.5) is 4.39 Å². The average Bonchev–Trinajstić information content (AvgIpc) is 3.31. The number of hydrogen-bond donors (Lipinski definition) is 0. The molecule has 5 nitrogen and oxygen atoms in total. The Hall–Kier alpha value is -2.21. The maximum atomic E-state index is 14.0. The first-order valence-corrected chi connectivity index (χ1v) is 8.74. The maximum absolute atomic E-state index is 14.0. The summed E-state index contributed by atoms with van der Waals surface area (Å²) in [7, 11) is 1.65. The molecule has 2 aromatic rings. The van der Waals surface area contributed by atoms with Crippen molar-refractivity contribution in [1.29, 1.82) is 0 Å². The highest BCUT2D eigenvalue weighted by Crippen LogP contribution is 2.33. The van der Waals surface area contributed by atoms with E-state index in [1.165, 1.54) is 25.0 Å². The lowest BCUT2D eigenvalue weighted by molar-refractivity contribution is 0.0674. The van der Waals surface area contributed by atoms with E-state index in [1.54, 1.807) is 24.1 Å². The van der Waals surface area contributed by atoms with Crippen molar-refractivity contribution in [3.8, 4) is 0 Å². The maximum Gasteiger partial charge on any atom is 0.257 e. The molecule has 1 aromatic carbocycles. The Morgan fingerprint density at radius 3 is 2.88 bits per heavy atom. The van der Waals surface area contributed by atoms with Gasteiger partial charge in [-0.1, -0.05) is 12.1 Å². The van der Waals surface area contributed by atoms with Gasteiger partial charge in [-0.2, -0.15) is 5.10 Å². The molecule has 1 aliphatic heterocycles. The zero-order valence-electron chi connectivity index (χ0n) is 14.3. The lowest BCUT2D eigenvalue weighted by atomic mass is 9.96. The van der Waals surface area contributed by atoms with Crippen LogP contribution in [0.5, 0.6) is 0 Å². The minimum Gasteiger partial charge on any atom is -0.384 e. The summed E-state index contributed by atoms with van der Waals surface area (Å²) < 4.78 is 21.3. The predicted octanol–water partition coefficient (Wildman–Crippen LogP) is 2.82.